The quantitative estimate of drug-likeness (QED) is 0.161. The van der Waals surface area contributed by atoms with Gasteiger partial charge in [0.25, 0.3) is 0 Å². The van der Waals surface area contributed by atoms with Crippen molar-refractivity contribution in [2.75, 3.05) is 0 Å². The summed E-state index contributed by atoms with van der Waals surface area (Å²) < 4.78 is 0. The standard InChI is InChI=1S/C12H20.C10H18.2C9H16.C9H18.2C8H14.2C8H16.C7H12.C7H14.C6H16Ge/c1-2-12-10-4-8-3-9(6-10)7-11(12)5-8;1-2-9-7-8-3-5-10(9)6-4-8;1-2-8-5-7-3-4-9(8)6-7;1-2-9-7-3-4-8(9)6-5-7;1-8(2)9-6-4-3-5-7-9;1-2-7-3-6-4-8(7)5-6;1-2-8-6-3-4-7(8)5-6;1-7(2)8-5-3-4-6-8;1-2-8-6-4-3-5-7-8;1-2-7-5-3-6(7)4-5;1-2-7-5-3-4-6-7;1-5-7(3,4)6-2/h8-12H,2-7H2,1H3;8-10H,2-7H2,1H3;2*7-9H,2-6H2,1H3;8-9H,3-7H2,1-2H3;2*6-8H,2-5H2,1H3;7-8H,3-6H2,1-2H3;8H,2-7H2,1H3;5-7H,2-4H2,1H3;7H,2-6H2,1H3;5-6H2,1-4H3. The summed E-state index contributed by atoms with van der Waals surface area (Å²) in [6.07, 6.45) is 80.9. The van der Waals surface area contributed by atoms with Crippen LogP contribution in [0, 0.1) is 172 Å². The zero-order valence-electron chi connectivity index (χ0n) is 73.1. The van der Waals surface area contributed by atoms with Crippen LogP contribution in [0.25, 0.3) is 0 Å². The third-order valence-electron chi connectivity index (χ3n) is 35.9. The molecule has 102 heavy (non-hydrogen) atoms. The molecule has 16 bridgehead atoms. The van der Waals surface area contributed by atoms with Gasteiger partial charge in [-0.05, 0) is 319 Å². The molecule has 24 rings (SSSR count). The molecule has 0 saturated heterocycles. The van der Waals surface area contributed by atoms with Gasteiger partial charge < -0.3 is 0 Å². The van der Waals surface area contributed by atoms with E-state index in [1.54, 1.807) is 167 Å². The van der Waals surface area contributed by atoms with E-state index < -0.39 is 13.3 Å². The van der Waals surface area contributed by atoms with Crippen molar-refractivity contribution in [3.05, 3.63) is 0 Å². The average molecular weight is 1480 g/mol. The van der Waals surface area contributed by atoms with Crippen LogP contribution in [0.3, 0.4) is 0 Å². The predicted octanol–water partition coefficient (Wildman–Crippen LogP) is 33.6. The summed E-state index contributed by atoms with van der Waals surface area (Å²) in [5.74, 6) is 37.7. The third kappa shape index (κ3) is 26.9. The molecule has 0 N–H and O–H groups in total. The fraction of sp³-hybridized carbons (Fsp3) is 1.00. The molecule has 24 aliphatic carbocycles. The van der Waals surface area contributed by atoms with Crippen molar-refractivity contribution in [2.45, 2.75) is 466 Å². The van der Waals surface area contributed by atoms with Crippen LogP contribution in [-0.4, -0.2) is 13.3 Å². The Morgan fingerprint density at radius 2 is 0.500 bits per heavy atom. The maximum absolute atomic E-state index is 2.49. The Morgan fingerprint density at radius 3 is 0.735 bits per heavy atom. The molecule has 7 atom stereocenters. The van der Waals surface area contributed by atoms with Gasteiger partial charge in [-0.1, -0.05) is 283 Å². The fourth-order valence-electron chi connectivity index (χ4n) is 27.6. The second-order valence-corrected chi connectivity index (χ2v) is 54.6. The van der Waals surface area contributed by atoms with Gasteiger partial charge in [-0.25, -0.2) is 0 Å². The first-order valence-electron chi connectivity index (χ1n) is 49.4. The first-order valence-corrected chi connectivity index (χ1v) is 56.6. The molecule has 0 aromatic carbocycles. The average Bonchev–Trinajstić information content (AvgIpc) is 1.32. The van der Waals surface area contributed by atoms with E-state index in [0.717, 1.165) is 130 Å². The molecule has 0 aromatic heterocycles. The summed E-state index contributed by atoms with van der Waals surface area (Å²) in [5, 5.41) is 2.97. The van der Waals surface area contributed by atoms with Crippen LogP contribution in [0.2, 0.25) is 22.0 Å². The van der Waals surface area contributed by atoms with Gasteiger partial charge >= 0.3 is 49.1 Å². The molecular weight excluding hydrogens is 1290 g/mol. The van der Waals surface area contributed by atoms with Crippen molar-refractivity contribution in [1.82, 2.24) is 0 Å². The van der Waals surface area contributed by atoms with Gasteiger partial charge in [0.1, 0.15) is 0 Å². The second kappa shape index (κ2) is 46.5. The molecular formula is C101H190Ge. The number of fused-ring (bicyclic) bond motifs is 9. The van der Waals surface area contributed by atoms with E-state index in [-0.39, 0.29) is 0 Å². The zero-order chi connectivity index (χ0) is 73.1. The van der Waals surface area contributed by atoms with Crippen molar-refractivity contribution in [3.63, 3.8) is 0 Å². The van der Waals surface area contributed by atoms with E-state index in [9.17, 15) is 0 Å². The van der Waals surface area contributed by atoms with Gasteiger partial charge in [-0.3, -0.25) is 0 Å². The molecule has 0 spiro atoms. The van der Waals surface area contributed by atoms with Crippen molar-refractivity contribution >= 4 is 13.3 Å². The topological polar surface area (TPSA) is 0 Å². The maximum atomic E-state index is 2.49. The van der Waals surface area contributed by atoms with Crippen LogP contribution in [0.5, 0.6) is 0 Å². The third-order valence-corrected chi connectivity index (χ3v) is 43.9. The zero-order valence-corrected chi connectivity index (χ0v) is 75.2. The fourth-order valence-corrected chi connectivity index (χ4v) is 28.6. The summed E-state index contributed by atoms with van der Waals surface area (Å²) in [6, 6.07) is 0. The van der Waals surface area contributed by atoms with E-state index >= 15 is 0 Å². The molecule has 1 heteroatoms. The molecule has 0 aliphatic heterocycles. The van der Waals surface area contributed by atoms with Crippen LogP contribution in [0.1, 0.15) is 444 Å². The minimum atomic E-state index is -1.08. The monoisotopic (exact) mass is 1480 g/mol. The van der Waals surface area contributed by atoms with Crippen LogP contribution < -0.4 is 0 Å². The molecule has 24 fully saturated rings. The van der Waals surface area contributed by atoms with Gasteiger partial charge in [0.15, 0.2) is 0 Å². The Kier molecular flexibility index (Phi) is 40.2. The Morgan fingerprint density at radius 1 is 0.216 bits per heavy atom. The van der Waals surface area contributed by atoms with E-state index in [1.165, 1.54) is 225 Å². The molecule has 0 heterocycles. The molecule has 7 unspecified atom stereocenters. The second-order valence-electron chi connectivity index (χ2n) is 42.5. The van der Waals surface area contributed by atoms with Crippen LogP contribution >= 0.6 is 0 Å². The van der Waals surface area contributed by atoms with E-state index in [0.29, 0.717) is 0 Å². The SMILES string of the molecule is CC(C)C1CCCC1.CC(C)C1CCCCC1.CCC1C2CC1C2.CCC1C2CC3CC(C2)CC1C3.CCC1C2CCC1C2.CCC1C2CCC1CC2.CCC1CC2CC1C2.CCC1CC2CCC1C2.CCC1CC2CCC1CC2.CCC1CCCC1.CCC1CCCCC1.C[CH2][Ge]([CH3])([CH3])[CH2]C. The summed E-state index contributed by atoms with van der Waals surface area (Å²) in [5.41, 5.74) is 0. The van der Waals surface area contributed by atoms with Crippen molar-refractivity contribution in [2.24, 2.45) is 172 Å². The van der Waals surface area contributed by atoms with Crippen molar-refractivity contribution in [1.29, 1.82) is 0 Å². The van der Waals surface area contributed by atoms with Crippen LogP contribution in [0.15, 0.2) is 0 Å². The van der Waals surface area contributed by atoms with Gasteiger partial charge in [-0.2, -0.15) is 0 Å². The number of hydrogen-bond acceptors (Lipinski definition) is 0. The van der Waals surface area contributed by atoms with Crippen molar-refractivity contribution in [3.8, 4) is 0 Å². The summed E-state index contributed by atoms with van der Waals surface area (Å²) in [7, 11) is 0. The minimum absolute atomic E-state index is 0.935. The molecule has 0 nitrogen and oxygen atoms in total. The molecule has 24 aliphatic rings. The predicted molar refractivity (Wildman–Crippen MR) is 458 cm³/mol. The molecule has 24 saturated carbocycles. The molecule has 598 valence electrons. The van der Waals surface area contributed by atoms with Crippen LogP contribution in [-0.2, 0) is 0 Å². The molecule has 0 amide bonds. The van der Waals surface area contributed by atoms with Gasteiger partial charge in [-0.15, -0.1) is 0 Å². The summed E-state index contributed by atoms with van der Waals surface area (Å²) >= 11 is -1.08. The molecule has 0 radical (unpaired) electrons. The molecule has 0 aromatic rings. The van der Waals surface area contributed by atoms with Crippen LogP contribution in [0.4, 0.5) is 0 Å². The number of hydrogen-bond donors (Lipinski definition) is 0. The summed E-state index contributed by atoms with van der Waals surface area (Å²) in [4.78, 5) is 0. The van der Waals surface area contributed by atoms with Gasteiger partial charge in [0.05, 0.1) is 0 Å². The number of rotatable bonds is 13. The normalized spacial score (nSPS) is 39.6. The Hall–Kier alpha value is 0.543. The Balaban J connectivity index is 0.000000142. The Labute approximate surface area is 646 Å². The Bertz CT molecular complexity index is 2000. The summed E-state index contributed by atoms with van der Waals surface area (Å²) in [6.45, 7) is 35.2. The van der Waals surface area contributed by atoms with E-state index in [1.807, 2.05) is 0 Å². The van der Waals surface area contributed by atoms with Gasteiger partial charge in [0, 0.05) is 0 Å². The first kappa shape index (κ1) is 88.1. The van der Waals surface area contributed by atoms with Crippen molar-refractivity contribution < 1.29 is 0 Å². The first-order chi connectivity index (χ1) is 49.4. The van der Waals surface area contributed by atoms with E-state index in [4.69, 9.17) is 0 Å². The van der Waals surface area contributed by atoms with E-state index in [2.05, 4.69) is 115 Å². The van der Waals surface area contributed by atoms with Gasteiger partial charge in [0.2, 0.25) is 0 Å².